The summed E-state index contributed by atoms with van der Waals surface area (Å²) in [6.07, 6.45) is 0. The maximum atomic E-state index is 12.7. The van der Waals surface area contributed by atoms with Crippen LogP contribution in [0.5, 0.6) is 11.5 Å². The van der Waals surface area contributed by atoms with Gasteiger partial charge in [-0.05, 0) is 17.7 Å². The Morgan fingerprint density at radius 3 is 2.58 bits per heavy atom. The van der Waals surface area contributed by atoms with Gasteiger partial charge in [-0.2, -0.15) is 0 Å². The smallest absolute Gasteiger partial charge is 0.238 e. The van der Waals surface area contributed by atoms with Gasteiger partial charge in [0.1, 0.15) is 19.3 Å². The van der Waals surface area contributed by atoms with E-state index in [0.717, 1.165) is 13.1 Å². The Bertz CT molecular complexity index is 921. The van der Waals surface area contributed by atoms with Crippen molar-refractivity contribution in [2.45, 2.75) is 12.6 Å². The van der Waals surface area contributed by atoms with E-state index in [0.29, 0.717) is 43.5 Å². The molecule has 0 radical (unpaired) electrons. The van der Waals surface area contributed by atoms with Crippen LogP contribution in [0.1, 0.15) is 5.56 Å². The number of rotatable bonds is 6. The molecule has 8 heteroatoms. The average Bonchev–Trinajstić information content (AvgIpc) is 2.80. The Morgan fingerprint density at radius 2 is 1.81 bits per heavy atom. The third kappa shape index (κ3) is 5.34. The van der Waals surface area contributed by atoms with Gasteiger partial charge >= 0.3 is 0 Å². The van der Waals surface area contributed by atoms with Gasteiger partial charge in [-0.15, -0.1) is 0 Å². The van der Waals surface area contributed by atoms with Gasteiger partial charge in [0.2, 0.25) is 11.8 Å². The van der Waals surface area contributed by atoms with Crippen molar-refractivity contribution in [2.24, 2.45) is 0 Å². The lowest BCUT2D eigenvalue weighted by molar-refractivity contribution is -0.130. The molecule has 0 saturated carbocycles. The lowest BCUT2D eigenvalue weighted by atomic mass is 10.1. The molecule has 0 spiro atoms. The van der Waals surface area contributed by atoms with Gasteiger partial charge in [0.15, 0.2) is 11.5 Å². The third-order valence-corrected chi connectivity index (χ3v) is 5.55. The van der Waals surface area contributed by atoms with Gasteiger partial charge < -0.3 is 20.1 Å². The summed E-state index contributed by atoms with van der Waals surface area (Å²) in [4.78, 5) is 29.4. The Balaban J connectivity index is 1.37. The lowest BCUT2D eigenvalue weighted by Crippen LogP contribution is -2.59. The van der Waals surface area contributed by atoms with Crippen LogP contribution in [0.2, 0.25) is 0 Å². The van der Waals surface area contributed by atoms with Gasteiger partial charge in [-0.25, -0.2) is 0 Å². The zero-order chi connectivity index (χ0) is 21.6. The molecule has 2 aromatic carbocycles. The van der Waals surface area contributed by atoms with Crippen molar-refractivity contribution in [1.82, 2.24) is 15.1 Å². The summed E-state index contributed by atoms with van der Waals surface area (Å²) in [6.45, 7) is 3.95. The van der Waals surface area contributed by atoms with Crippen LogP contribution in [-0.2, 0) is 16.1 Å². The number of anilines is 1. The highest BCUT2D eigenvalue weighted by molar-refractivity contribution is 5.93. The van der Waals surface area contributed by atoms with Crippen LogP contribution in [-0.4, -0.2) is 74.1 Å². The van der Waals surface area contributed by atoms with Gasteiger partial charge in [0.25, 0.3) is 0 Å². The maximum Gasteiger partial charge on any atom is 0.238 e. The van der Waals surface area contributed by atoms with Crippen LogP contribution < -0.4 is 20.1 Å². The Hall–Kier alpha value is -3.10. The Labute approximate surface area is 182 Å². The largest absolute Gasteiger partial charge is 0.486 e. The standard InChI is InChI=1S/C23H28N4O4/c1-24-23(29)19-15-26(14-17-5-3-2-4-6-17)9-10-27(19)16-22(28)25-18-7-8-20-21(13-18)31-12-11-30-20/h2-8,13,19H,9-12,14-16H2,1H3,(H,24,29)(H,25,28)/t19-/m1/s1. The van der Waals surface area contributed by atoms with Crippen LogP contribution in [0.3, 0.4) is 0 Å². The Morgan fingerprint density at radius 1 is 1.03 bits per heavy atom. The van der Waals surface area contributed by atoms with Crippen molar-refractivity contribution >= 4 is 17.5 Å². The number of benzene rings is 2. The first kappa shape index (κ1) is 21.1. The van der Waals surface area contributed by atoms with Crippen molar-refractivity contribution < 1.29 is 19.1 Å². The monoisotopic (exact) mass is 424 g/mol. The second kappa shape index (κ2) is 9.80. The zero-order valence-corrected chi connectivity index (χ0v) is 17.7. The molecule has 2 aliphatic rings. The molecule has 2 heterocycles. The molecule has 0 aromatic heterocycles. The van der Waals surface area contributed by atoms with E-state index in [1.165, 1.54) is 5.56 Å². The molecular weight excluding hydrogens is 396 g/mol. The molecule has 1 fully saturated rings. The zero-order valence-electron chi connectivity index (χ0n) is 17.7. The number of carbonyl (C=O) groups is 2. The van der Waals surface area contributed by atoms with Gasteiger partial charge in [0, 0.05) is 45.0 Å². The van der Waals surface area contributed by atoms with Crippen LogP contribution in [0, 0.1) is 0 Å². The van der Waals surface area contributed by atoms with Crippen molar-refractivity contribution in [1.29, 1.82) is 0 Å². The fourth-order valence-electron chi connectivity index (χ4n) is 3.97. The molecule has 31 heavy (non-hydrogen) atoms. The summed E-state index contributed by atoms with van der Waals surface area (Å²) < 4.78 is 11.1. The molecule has 0 unspecified atom stereocenters. The summed E-state index contributed by atoms with van der Waals surface area (Å²) in [7, 11) is 1.63. The average molecular weight is 425 g/mol. The lowest BCUT2D eigenvalue weighted by Gasteiger charge is -2.40. The summed E-state index contributed by atoms with van der Waals surface area (Å²) in [5.74, 6) is 1.06. The quantitative estimate of drug-likeness (QED) is 0.728. The van der Waals surface area contributed by atoms with Crippen LogP contribution >= 0.6 is 0 Å². The van der Waals surface area contributed by atoms with Crippen LogP contribution in [0.25, 0.3) is 0 Å². The molecule has 1 atom stereocenters. The molecule has 1 saturated heterocycles. The first-order valence-electron chi connectivity index (χ1n) is 10.5. The van der Waals surface area contributed by atoms with Crippen LogP contribution in [0.4, 0.5) is 5.69 Å². The maximum absolute atomic E-state index is 12.7. The summed E-state index contributed by atoms with van der Waals surface area (Å²) in [6, 6.07) is 15.2. The molecule has 8 nitrogen and oxygen atoms in total. The SMILES string of the molecule is CNC(=O)[C@H]1CN(Cc2ccccc2)CCN1CC(=O)Nc1ccc2c(c1)OCCO2. The number of nitrogens with zero attached hydrogens (tertiary/aromatic N) is 2. The number of nitrogens with one attached hydrogen (secondary N) is 2. The number of carbonyl (C=O) groups excluding carboxylic acids is 2. The molecule has 164 valence electrons. The molecule has 2 aromatic rings. The summed E-state index contributed by atoms with van der Waals surface area (Å²) in [5, 5.41) is 5.64. The van der Waals surface area contributed by atoms with E-state index in [-0.39, 0.29) is 24.4 Å². The number of piperazine rings is 1. The molecule has 4 rings (SSSR count). The van der Waals surface area contributed by atoms with E-state index < -0.39 is 0 Å². The minimum Gasteiger partial charge on any atom is -0.486 e. The van der Waals surface area contributed by atoms with E-state index >= 15 is 0 Å². The number of amides is 2. The molecule has 2 aliphatic heterocycles. The van der Waals surface area contributed by atoms with Crippen molar-refractivity contribution in [3.8, 4) is 11.5 Å². The minimum absolute atomic E-state index is 0.0788. The molecular formula is C23H28N4O4. The Kier molecular flexibility index (Phi) is 6.69. The van der Waals surface area contributed by atoms with Gasteiger partial charge in [0.05, 0.1) is 6.54 Å². The minimum atomic E-state index is -0.381. The number of fused-ring (bicyclic) bond motifs is 1. The highest BCUT2D eigenvalue weighted by Crippen LogP contribution is 2.32. The van der Waals surface area contributed by atoms with Crippen molar-refractivity contribution in [2.75, 3.05) is 51.8 Å². The van der Waals surface area contributed by atoms with E-state index in [9.17, 15) is 9.59 Å². The van der Waals surface area contributed by atoms with E-state index in [4.69, 9.17) is 9.47 Å². The van der Waals surface area contributed by atoms with Gasteiger partial charge in [-0.3, -0.25) is 19.4 Å². The normalized spacial score (nSPS) is 18.9. The molecule has 0 bridgehead atoms. The summed E-state index contributed by atoms with van der Waals surface area (Å²) >= 11 is 0. The second-order valence-electron chi connectivity index (χ2n) is 7.73. The fourth-order valence-corrected chi connectivity index (χ4v) is 3.97. The van der Waals surface area contributed by atoms with Gasteiger partial charge in [-0.1, -0.05) is 30.3 Å². The molecule has 2 amide bonds. The highest BCUT2D eigenvalue weighted by Gasteiger charge is 2.33. The topological polar surface area (TPSA) is 83.1 Å². The van der Waals surface area contributed by atoms with E-state index in [1.807, 2.05) is 23.1 Å². The number of hydrogen-bond donors (Lipinski definition) is 2. The fraction of sp³-hybridized carbons (Fsp3) is 0.391. The first-order chi connectivity index (χ1) is 15.1. The number of ether oxygens (including phenoxy) is 2. The predicted octanol–water partition coefficient (Wildman–Crippen LogP) is 1.33. The number of hydrogen-bond acceptors (Lipinski definition) is 6. The van der Waals surface area contributed by atoms with Crippen molar-refractivity contribution in [3.63, 3.8) is 0 Å². The summed E-state index contributed by atoms with van der Waals surface area (Å²) in [5.41, 5.74) is 1.86. The van der Waals surface area contributed by atoms with Crippen molar-refractivity contribution in [3.05, 3.63) is 54.1 Å². The molecule has 2 N–H and O–H groups in total. The second-order valence-corrected chi connectivity index (χ2v) is 7.73. The van der Waals surface area contributed by atoms with E-state index in [2.05, 4.69) is 27.7 Å². The first-order valence-corrected chi connectivity index (χ1v) is 10.5. The van der Waals surface area contributed by atoms with Crippen LogP contribution in [0.15, 0.2) is 48.5 Å². The number of likely N-dealkylation sites (N-methyl/N-ethyl adjacent to an activating group) is 1. The third-order valence-electron chi connectivity index (χ3n) is 5.55. The molecule has 0 aliphatic carbocycles. The highest BCUT2D eigenvalue weighted by atomic mass is 16.6. The predicted molar refractivity (Wildman–Crippen MR) is 117 cm³/mol. The van der Waals surface area contributed by atoms with E-state index in [1.54, 1.807) is 25.2 Å².